The molecule has 3 rings (SSSR count). The fourth-order valence-corrected chi connectivity index (χ4v) is 3.74. The van der Waals surface area contributed by atoms with Gasteiger partial charge in [0.1, 0.15) is 0 Å². The summed E-state index contributed by atoms with van der Waals surface area (Å²) >= 11 is 0. The van der Waals surface area contributed by atoms with Crippen molar-refractivity contribution in [3.8, 4) is 0 Å². The summed E-state index contributed by atoms with van der Waals surface area (Å²) in [5, 5.41) is 0. The zero-order valence-electron chi connectivity index (χ0n) is 14.5. The summed E-state index contributed by atoms with van der Waals surface area (Å²) in [6, 6.07) is 9.31. The van der Waals surface area contributed by atoms with Crippen LogP contribution in [0.3, 0.4) is 0 Å². The van der Waals surface area contributed by atoms with E-state index in [0.29, 0.717) is 13.1 Å². The van der Waals surface area contributed by atoms with Crippen molar-refractivity contribution < 1.29 is 19.1 Å². The van der Waals surface area contributed by atoms with Crippen LogP contribution in [0.5, 0.6) is 0 Å². The minimum absolute atomic E-state index is 0.0135. The Morgan fingerprint density at radius 3 is 2.68 bits per heavy atom. The van der Waals surface area contributed by atoms with Gasteiger partial charge in [0.25, 0.3) is 0 Å². The number of carbonyl (C=O) groups is 3. The van der Waals surface area contributed by atoms with Crippen LogP contribution in [-0.4, -0.2) is 48.9 Å². The Labute approximate surface area is 147 Å². The second-order valence-electron chi connectivity index (χ2n) is 6.70. The molecule has 6 heteroatoms. The molecule has 0 saturated carbocycles. The van der Waals surface area contributed by atoms with E-state index in [1.165, 1.54) is 7.11 Å². The van der Waals surface area contributed by atoms with Gasteiger partial charge in [-0.1, -0.05) is 18.2 Å². The van der Waals surface area contributed by atoms with Crippen molar-refractivity contribution in [1.82, 2.24) is 4.90 Å². The minimum atomic E-state index is -0.342. The largest absolute Gasteiger partial charge is 0.469 e. The number of hydrogen-bond acceptors (Lipinski definition) is 4. The Bertz CT molecular complexity index is 646. The van der Waals surface area contributed by atoms with Gasteiger partial charge in [0.15, 0.2) is 0 Å². The number of amides is 2. The highest BCUT2D eigenvalue weighted by molar-refractivity contribution is 6.00. The summed E-state index contributed by atoms with van der Waals surface area (Å²) in [4.78, 5) is 40.5. The van der Waals surface area contributed by atoms with Crippen LogP contribution in [-0.2, 0) is 19.1 Å². The van der Waals surface area contributed by atoms with Crippen LogP contribution in [0.25, 0.3) is 0 Å². The topological polar surface area (TPSA) is 66.9 Å². The van der Waals surface area contributed by atoms with Gasteiger partial charge in [-0.05, 0) is 31.4 Å². The number of carbonyl (C=O) groups excluding carboxylic acids is 3. The highest BCUT2D eigenvalue weighted by atomic mass is 16.5. The molecule has 0 aromatic heterocycles. The van der Waals surface area contributed by atoms with Crippen molar-refractivity contribution in [1.29, 1.82) is 0 Å². The zero-order chi connectivity index (χ0) is 17.8. The average Bonchev–Trinajstić information content (AvgIpc) is 3.04. The summed E-state index contributed by atoms with van der Waals surface area (Å²) in [6.07, 6.45) is 3.21. The molecular weight excluding hydrogens is 320 g/mol. The highest BCUT2D eigenvalue weighted by Gasteiger charge is 2.39. The van der Waals surface area contributed by atoms with Crippen LogP contribution in [0.15, 0.2) is 30.3 Å². The van der Waals surface area contributed by atoms with E-state index in [9.17, 15) is 14.4 Å². The summed E-state index contributed by atoms with van der Waals surface area (Å²) in [5.41, 5.74) is 0.826. The summed E-state index contributed by atoms with van der Waals surface area (Å²) in [6.45, 7) is 1.06. The number of piperidine rings is 1. The number of methoxy groups -OCH3 is 1. The molecule has 1 aromatic rings. The molecule has 2 aliphatic heterocycles. The molecule has 134 valence electrons. The summed E-state index contributed by atoms with van der Waals surface area (Å²) < 4.78 is 4.76. The number of nitrogens with zero attached hydrogens (tertiary/aromatic N) is 2. The third kappa shape index (κ3) is 3.83. The number of esters is 1. The van der Waals surface area contributed by atoms with Crippen molar-refractivity contribution in [2.75, 3.05) is 25.1 Å². The molecule has 0 aliphatic carbocycles. The van der Waals surface area contributed by atoms with Gasteiger partial charge in [0.2, 0.25) is 11.8 Å². The number of benzene rings is 1. The lowest BCUT2D eigenvalue weighted by Gasteiger charge is -2.36. The van der Waals surface area contributed by atoms with Crippen LogP contribution in [0, 0.1) is 5.92 Å². The Hall–Kier alpha value is -2.37. The number of anilines is 1. The molecule has 25 heavy (non-hydrogen) atoms. The van der Waals surface area contributed by atoms with Crippen molar-refractivity contribution >= 4 is 23.5 Å². The smallest absolute Gasteiger partial charge is 0.307 e. The third-order valence-corrected chi connectivity index (χ3v) is 5.08. The Balaban J connectivity index is 1.69. The summed E-state index contributed by atoms with van der Waals surface area (Å²) in [5.74, 6) is -0.671. The molecule has 2 saturated heterocycles. The van der Waals surface area contributed by atoms with Crippen molar-refractivity contribution in [3.63, 3.8) is 0 Å². The van der Waals surface area contributed by atoms with E-state index in [2.05, 4.69) is 0 Å². The van der Waals surface area contributed by atoms with E-state index in [1.807, 2.05) is 30.3 Å². The van der Waals surface area contributed by atoms with Crippen LogP contribution < -0.4 is 4.90 Å². The molecule has 0 N–H and O–H groups in total. The van der Waals surface area contributed by atoms with E-state index in [4.69, 9.17) is 4.74 Å². The normalized spacial score (nSPS) is 23.6. The van der Waals surface area contributed by atoms with Gasteiger partial charge in [-0.15, -0.1) is 0 Å². The minimum Gasteiger partial charge on any atom is -0.469 e. The van der Waals surface area contributed by atoms with E-state index in [0.717, 1.165) is 24.9 Å². The third-order valence-electron chi connectivity index (χ3n) is 5.08. The highest BCUT2D eigenvalue weighted by Crippen LogP contribution is 2.29. The van der Waals surface area contributed by atoms with E-state index >= 15 is 0 Å². The van der Waals surface area contributed by atoms with Crippen LogP contribution in [0.2, 0.25) is 0 Å². The molecule has 2 fully saturated rings. The number of para-hydroxylation sites is 1. The second-order valence-corrected chi connectivity index (χ2v) is 6.70. The van der Waals surface area contributed by atoms with Gasteiger partial charge >= 0.3 is 5.97 Å². The second kappa shape index (κ2) is 7.68. The SMILES string of the molecule is COC(=O)CC1CCCCN1C(=O)C1CC(=O)N(c2ccccc2)C1. The van der Waals surface area contributed by atoms with Crippen LogP contribution in [0.1, 0.15) is 32.1 Å². The predicted octanol–water partition coefficient (Wildman–Crippen LogP) is 1.98. The molecular formula is C19H24N2O4. The Morgan fingerprint density at radius 2 is 1.96 bits per heavy atom. The van der Waals surface area contributed by atoms with Crippen molar-refractivity contribution in [3.05, 3.63) is 30.3 Å². The molecule has 2 amide bonds. The van der Waals surface area contributed by atoms with Gasteiger partial charge in [-0.3, -0.25) is 14.4 Å². The number of rotatable bonds is 4. The quantitative estimate of drug-likeness (QED) is 0.784. The molecule has 2 atom stereocenters. The first-order chi connectivity index (χ1) is 12.1. The van der Waals surface area contributed by atoms with Gasteiger partial charge in [-0.2, -0.15) is 0 Å². The van der Waals surface area contributed by atoms with E-state index in [-0.39, 0.29) is 42.6 Å². The first kappa shape index (κ1) is 17.5. The van der Waals surface area contributed by atoms with Gasteiger partial charge < -0.3 is 14.5 Å². The standard InChI is InChI=1S/C19H24N2O4/c1-25-18(23)12-16-9-5-6-10-20(16)19(24)14-11-17(22)21(13-14)15-7-3-2-4-8-15/h2-4,7-8,14,16H,5-6,9-13H2,1H3. The first-order valence-electron chi connectivity index (χ1n) is 8.83. The number of hydrogen-bond donors (Lipinski definition) is 0. The first-order valence-corrected chi connectivity index (χ1v) is 8.83. The molecule has 0 spiro atoms. The summed E-state index contributed by atoms with van der Waals surface area (Å²) in [7, 11) is 1.37. The van der Waals surface area contributed by atoms with Crippen LogP contribution >= 0.6 is 0 Å². The van der Waals surface area contributed by atoms with Crippen LogP contribution in [0.4, 0.5) is 5.69 Å². The number of likely N-dealkylation sites (tertiary alicyclic amines) is 1. The maximum atomic E-state index is 13.0. The molecule has 0 bridgehead atoms. The van der Waals surface area contributed by atoms with E-state index < -0.39 is 0 Å². The maximum Gasteiger partial charge on any atom is 0.307 e. The van der Waals surface area contributed by atoms with E-state index in [1.54, 1.807) is 9.80 Å². The molecule has 6 nitrogen and oxygen atoms in total. The predicted molar refractivity (Wildman–Crippen MR) is 92.9 cm³/mol. The Morgan fingerprint density at radius 1 is 1.20 bits per heavy atom. The van der Waals surface area contributed by atoms with Crippen molar-refractivity contribution in [2.24, 2.45) is 5.92 Å². The lowest BCUT2D eigenvalue weighted by molar-refractivity contribution is -0.146. The molecule has 0 radical (unpaired) electrons. The molecule has 2 heterocycles. The van der Waals surface area contributed by atoms with Crippen molar-refractivity contribution in [2.45, 2.75) is 38.1 Å². The maximum absolute atomic E-state index is 13.0. The fourth-order valence-electron chi connectivity index (χ4n) is 3.74. The zero-order valence-corrected chi connectivity index (χ0v) is 14.5. The molecule has 1 aromatic carbocycles. The Kier molecular flexibility index (Phi) is 5.36. The van der Waals surface area contributed by atoms with Gasteiger partial charge in [-0.25, -0.2) is 0 Å². The fraction of sp³-hybridized carbons (Fsp3) is 0.526. The lowest BCUT2D eigenvalue weighted by atomic mass is 9.96. The monoisotopic (exact) mass is 344 g/mol. The molecule has 2 unspecified atom stereocenters. The van der Waals surface area contributed by atoms with Gasteiger partial charge in [0, 0.05) is 31.2 Å². The molecule has 2 aliphatic rings. The van der Waals surface area contributed by atoms with Gasteiger partial charge in [0.05, 0.1) is 19.4 Å². The average molecular weight is 344 g/mol. The lowest BCUT2D eigenvalue weighted by Crippen LogP contribution is -2.47. The number of ether oxygens (including phenoxy) is 1.